The zero-order valence-corrected chi connectivity index (χ0v) is 11.8. The molecule has 1 saturated heterocycles. The van der Waals surface area contributed by atoms with Gasteiger partial charge < -0.3 is 19.7 Å². The lowest BCUT2D eigenvalue weighted by Crippen LogP contribution is -2.55. The summed E-state index contributed by atoms with van der Waals surface area (Å²) in [5, 5.41) is 2.73. The molecule has 0 saturated carbocycles. The Balaban J connectivity index is 2.34. The van der Waals surface area contributed by atoms with Gasteiger partial charge in [0.2, 0.25) is 5.91 Å². The van der Waals surface area contributed by atoms with Crippen molar-refractivity contribution in [2.75, 3.05) is 27.3 Å². The van der Waals surface area contributed by atoms with Crippen LogP contribution >= 0.6 is 0 Å². The van der Waals surface area contributed by atoms with Crippen molar-refractivity contribution in [3.8, 4) is 11.5 Å². The van der Waals surface area contributed by atoms with E-state index in [1.165, 1.54) is 19.1 Å². The van der Waals surface area contributed by atoms with E-state index in [4.69, 9.17) is 9.47 Å². The van der Waals surface area contributed by atoms with Gasteiger partial charge in [0, 0.05) is 13.1 Å². The SMILES string of the molecule is COc1ccc(OC)c(C(=O)N2CCNC(=O)[C@H]2C)c1. The van der Waals surface area contributed by atoms with E-state index in [1.807, 2.05) is 0 Å². The van der Waals surface area contributed by atoms with Crippen LogP contribution in [0.25, 0.3) is 0 Å². The van der Waals surface area contributed by atoms with Gasteiger partial charge in [-0.3, -0.25) is 9.59 Å². The van der Waals surface area contributed by atoms with E-state index >= 15 is 0 Å². The number of methoxy groups -OCH3 is 2. The second-order valence-corrected chi connectivity index (χ2v) is 4.53. The van der Waals surface area contributed by atoms with Gasteiger partial charge >= 0.3 is 0 Å². The smallest absolute Gasteiger partial charge is 0.258 e. The standard InChI is InChI=1S/C14H18N2O4/c1-9-13(17)15-6-7-16(9)14(18)11-8-10(19-2)4-5-12(11)20-3/h4-5,8-9H,6-7H2,1-3H3,(H,15,17)/t9-/m1/s1. The Bertz CT molecular complexity index is 530. The zero-order valence-electron chi connectivity index (χ0n) is 11.8. The average molecular weight is 278 g/mol. The number of piperazine rings is 1. The fourth-order valence-electron chi connectivity index (χ4n) is 2.20. The number of amides is 2. The fourth-order valence-corrected chi connectivity index (χ4v) is 2.20. The predicted molar refractivity (Wildman–Crippen MR) is 73.1 cm³/mol. The van der Waals surface area contributed by atoms with Gasteiger partial charge in [-0.15, -0.1) is 0 Å². The number of hydrogen-bond donors (Lipinski definition) is 1. The van der Waals surface area contributed by atoms with Gasteiger partial charge in [0.05, 0.1) is 19.8 Å². The number of nitrogens with one attached hydrogen (secondary N) is 1. The molecule has 1 aliphatic heterocycles. The van der Waals surface area contributed by atoms with Crippen molar-refractivity contribution >= 4 is 11.8 Å². The van der Waals surface area contributed by atoms with Gasteiger partial charge in [-0.05, 0) is 25.1 Å². The van der Waals surface area contributed by atoms with E-state index in [9.17, 15) is 9.59 Å². The van der Waals surface area contributed by atoms with Crippen LogP contribution in [0.15, 0.2) is 18.2 Å². The van der Waals surface area contributed by atoms with Crippen LogP contribution in [-0.2, 0) is 4.79 Å². The van der Waals surface area contributed by atoms with Crippen LogP contribution in [0.4, 0.5) is 0 Å². The molecule has 1 aliphatic rings. The highest BCUT2D eigenvalue weighted by Crippen LogP contribution is 2.26. The highest BCUT2D eigenvalue weighted by Gasteiger charge is 2.31. The number of nitrogens with zero attached hydrogens (tertiary/aromatic N) is 1. The summed E-state index contributed by atoms with van der Waals surface area (Å²) in [6, 6.07) is 4.54. The van der Waals surface area contributed by atoms with Crippen molar-refractivity contribution in [1.29, 1.82) is 0 Å². The Morgan fingerprint density at radius 2 is 2.10 bits per heavy atom. The maximum Gasteiger partial charge on any atom is 0.258 e. The molecule has 6 heteroatoms. The Morgan fingerprint density at radius 1 is 1.35 bits per heavy atom. The molecule has 20 heavy (non-hydrogen) atoms. The topological polar surface area (TPSA) is 67.9 Å². The summed E-state index contributed by atoms with van der Waals surface area (Å²) in [6.07, 6.45) is 0. The van der Waals surface area contributed by atoms with Gasteiger partial charge in [0.1, 0.15) is 17.5 Å². The van der Waals surface area contributed by atoms with Gasteiger partial charge in [-0.25, -0.2) is 0 Å². The highest BCUT2D eigenvalue weighted by molar-refractivity contribution is 6.00. The lowest BCUT2D eigenvalue weighted by molar-refractivity contribution is -0.127. The van der Waals surface area contributed by atoms with Gasteiger partial charge in [0.15, 0.2) is 0 Å². The molecule has 0 aliphatic carbocycles. The summed E-state index contributed by atoms with van der Waals surface area (Å²) in [5.74, 6) is 0.659. The van der Waals surface area contributed by atoms with Crippen LogP contribution in [0, 0.1) is 0 Å². The van der Waals surface area contributed by atoms with Gasteiger partial charge in [-0.1, -0.05) is 0 Å². The molecule has 2 amide bonds. The number of rotatable bonds is 3. The van der Waals surface area contributed by atoms with Gasteiger partial charge in [0.25, 0.3) is 5.91 Å². The number of benzene rings is 1. The molecule has 6 nitrogen and oxygen atoms in total. The van der Waals surface area contributed by atoms with Crippen LogP contribution in [0.1, 0.15) is 17.3 Å². The minimum Gasteiger partial charge on any atom is -0.497 e. The van der Waals surface area contributed by atoms with E-state index in [1.54, 1.807) is 25.1 Å². The van der Waals surface area contributed by atoms with Crippen LogP contribution in [0.2, 0.25) is 0 Å². The van der Waals surface area contributed by atoms with E-state index < -0.39 is 6.04 Å². The molecular weight excluding hydrogens is 260 g/mol. The quantitative estimate of drug-likeness (QED) is 0.882. The minimum absolute atomic E-state index is 0.147. The lowest BCUT2D eigenvalue weighted by atomic mass is 10.1. The molecule has 1 aromatic carbocycles. The fraction of sp³-hybridized carbons (Fsp3) is 0.429. The average Bonchev–Trinajstić information content (AvgIpc) is 2.48. The first kappa shape index (κ1) is 14.2. The summed E-state index contributed by atoms with van der Waals surface area (Å²) in [6.45, 7) is 2.65. The van der Waals surface area contributed by atoms with Crippen LogP contribution < -0.4 is 14.8 Å². The van der Waals surface area contributed by atoms with Crippen LogP contribution in [0.5, 0.6) is 11.5 Å². The van der Waals surface area contributed by atoms with Crippen LogP contribution in [0.3, 0.4) is 0 Å². The Kier molecular flexibility index (Phi) is 4.12. The van der Waals surface area contributed by atoms with Crippen molar-refractivity contribution in [3.05, 3.63) is 23.8 Å². The minimum atomic E-state index is -0.493. The van der Waals surface area contributed by atoms with E-state index in [0.29, 0.717) is 30.2 Å². The van der Waals surface area contributed by atoms with Crippen molar-refractivity contribution < 1.29 is 19.1 Å². The Hall–Kier alpha value is -2.24. The van der Waals surface area contributed by atoms with Gasteiger partial charge in [-0.2, -0.15) is 0 Å². The largest absolute Gasteiger partial charge is 0.497 e. The third-order valence-corrected chi connectivity index (χ3v) is 3.40. The summed E-state index contributed by atoms with van der Waals surface area (Å²) >= 11 is 0. The first-order valence-electron chi connectivity index (χ1n) is 6.39. The lowest BCUT2D eigenvalue weighted by Gasteiger charge is -2.33. The summed E-state index contributed by atoms with van der Waals surface area (Å²) in [7, 11) is 3.04. The highest BCUT2D eigenvalue weighted by atomic mass is 16.5. The molecule has 0 spiro atoms. The monoisotopic (exact) mass is 278 g/mol. The van der Waals surface area contributed by atoms with Crippen molar-refractivity contribution in [2.45, 2.75) is 13.0 Å². The molecule has 1 heterocycles. The second kappa shape index (κ2) is 5.81. The third-order valence-electron chi connectivity index (χ3n) is 3.40. The molecule has 1 aromatic rings. The first-order chi connectivity index (χ1) is 9.58. The molecule has 2 rings (SSSR count). The van der Waals surface area contributed by atoms with Crippen molar-refractivity contribution in [2.24, 2.45) is 0 Å². The molecule has 0 bridgehead atoms. The molecule has 0 unspecified atom stereocenters. The molecule has 1 fully saturated rings. The molecule has 0 radical (unpaired) electrons. The van der Waals surface area contributed by atoms with Crippen molar-refractivity contribution in [1.82, 2.24) is 10.2 Å². The Labute approximate surface area is 117 Å². The first-order valence-corrected chi connectivity index (χ1v) is 6.39. The maximum absolute atomic E-state index is 12.6. The zero-order chi connectivity index (χ0) is 14.7. The van der Waals surface area contributed by atoms with E-state index in [2.05, 4.69) is 5.32 Å². The molecule has 1 N–H and O–H groups in total. The summed E-state index contributed by atoms with van der Waals surface area (Å²) in [5.41, 5.74) is 0.397. The molecule has 108 valence electrons. The predicted octanol–water partition coefficient (Wildman–Crippen LogP) is 0.664. The molecular formula is C14H18N2O4. The molecule has 0 aromatic heterocycles. The normalized spacial score (nSPS) is 18.4. The maximum atomic E-state index is 12.6. The van der Waals surface area contributed by atoms with Crippen LogP contribution in [-0.4, -0.2) is 50.1 Å². The third kappa shape index (κ3) is 2.54. The van der Waals surface area contributed by atoms with E-state index in [-0.39, 0.29) is 11.8 Å². The number of carbonyl (C=O) groups excluding carboxylic acids is 2. The Morgan fingerprint density at radius 3 is 2.75 bits per heavy atom. The van der Waals surface area contributed by atoms with Crippen molar-refractivity contribution in [3.63, 3.8) is 0 Å². The summed E-state index contributed by atoms with van der Waals surface area (Å²) in [4.78, 5) is 25.8. The molecule has 1 atom stereocenters. The number of carbonyl (C=O) groups is 2. The van der Waals surface area contributed by atoms with E-state index in [0.717, 1.165) is 0 Å². The number of ether oxygens (including phenoxy) is 2. The second-order valence-electron chi connectivity index (χ2n) is 4.53. The number of hydrogen-bond acceptors (Lipinski definition) is 4. The summed E-state index contributed by atoms with van der Waals surface area (Å²) < 4.78 is 10.3.